The number of carbonyl (C=O) groups excluding carboxylic acids is 2. The Kier molecular flexibility index (Phi) is 8.91. The van der Waals surface area contributed by atoms with Gasteiger partial charge in [-0.2, -0.15) is 0 Å². The number of aliphatic hydroxyl groups excluding tert-OH is 2. The van der Waals surface area contributed by atoms with Crippen LogP contribution in [0.5, 0.6) is 0 Å². The van der Waals surface area contributed by atoms with Gasteiger partial charge in [0.1, 0.15) is 11.9 Å². The number of fused-ring (bicyclic) bond motifs is 1. The minimum absolute atomic E-state index is 0.0831. The number of cyclic esters (lactones) is 1. The standard InChI is InChI=1S/C29H41NO6/c1-7-21-26(33)18(2)11-10-13-29(6)24(36-29)16-22(19(3)15-20-12-8-9-14-30-20)35-25(32)17-23(31)28(4,5)27(21)34/h8-9,11-12,14-15,21-24,26,31,33H,7,10,13,16-17H2,1-6H3/b18-11+,19-15?/t21-,22+,23+,24+,26+,29-/m1/s1. The molecule has 2 N–H and O–H groups in total. The molecule has 3 heterocycles. The lowest BCUT2D eigenvalue weighted by atomic mass is 9.72. The van der Waals surface area contributed by atoms with Crippen LogP contribution in [0.2, 0.25) is 0 Å². The first-order valence-electron chi connectivity index (χ1n) is 12.9. The number of hydrogen-bond donors (Lipinski definition) is 2. The number of esters is 1. The summed E-state index contributed by atoms with van der Waals surface area (Å²) in [5.74, 6) is -1.52. The zero-order valence-electron chi connectivity index (χ0n) is 22.4. The minimum atomic E-state index is -1.25. The Morgan fingerprint density at radius 1 is 1.22 bits per heavy atom. The molecule has 1 fully saturated rings. The van der Waals surface area contributed by atoms with Crippen LogP contribution in [0.15, 0.2) is 41.6 Å². The van der Waals surface area contributed by atoms with Crippen LogP contribution in [0.4, 0.5) is 0 Å². The first kappa shape index (κ1) is 28.2. The number of aliphatic hydroxyl groups is 2. The van der Waals surface area contributed by atoms with Crippen molar-refractivity contribution >= 4 is 17.8 Å². The van der Waals surface area contributed by atoms with E-state index in [9.17, 15) is 19.8 Å². The normalized spacial score (nSPS) is 35.8. The van der Waals surface area contributed by atoms with E-state index in [1.165, 1.54) is 0 Å². The molecule has 0 unspecified atom stereocenters. The fourth-order valence-corrected chi connectivity index (χ4v) is 4.96. The van der Waals surface area contributed by atoms with Gasteiger partial charge in [0.15, 0.2) is 0 Å². The van der Waals surface area contributed by atoms with Gasteiger partial charge in [0.2, 0.25) is 0 Å². The van der Waals surface area contributed by atoms with E-state index in [4.69, 9.17) is 9.47 Å². The average molecular weight is 500 g/mol. The molecule has 0 saturated carbocycles. The molecule has 6 atom stereocenters. The topological polar surface area (TPSA) is 109 Å². The number of epoxide rings is 1. The van der Waals surface area contributed by atoms with Gasteiger partial charge in [-0.15, -0.1) is 0 Å². The summed E-state index contributed by atoms with van der Waals surface area (Å²) in [6.07, 6.45) is 4.77. The Morgan fingerprint density at radius 3 is 2.58 bits per heavy atom. The summed E-state index contributed by atoms with van der Waals surface area (Å²) >= 11 is 0. The molecule has 7 heteroatoms. The number of nitrogens with zero attached hydrogens (tertiary/aromatic N) is 1. The molecule has 1 saturated heterocycles. The van der Waals surface area contributed by atoms with Gasteiger partial charge in [-0.3, -0.25) is 14.6 Å². The smallest absolute Gasteiger partial charge is 0.309 e. The van der Waals surface area contributed by atoms with Gasteiger partial charge in [-0.25, -0.2) is 0 Å². The Balaban J connectivity index is 1.91. The zero-order chi connectivity index (χ0) is 26.7. The van der Waals surface area contributed by atoms with Crippen LogP contribution in [-0.2, 0) is 19.1 Å². The van der Waals surface area contributed by atoms with Gasteiger partial charge in [0.25, 0.3) is 0 Å². The van der Waals surface area contributed by atoms with Crippen molar-refractivity contribution in [2.24, 2.45) is 11.3 Å². The van der Waals surface area contributed by atoms with Gasteiger partial charge < -0.3 is 19.7 Å². The van der Waals surface area contributed by atoms with E-state index in [0.29, 0.717) is 19.3 Å². The Hall–Kier alpha value is -2.35. The molecule has 1 aromatic heterocycles. The summed E-state index contributed by atoms with van der Waals surface area (Å²) in [6.45, 7) is 10.9. The number of carbonyl (C=O) groups is 2. The van der Waals surface area contributed by atoms with Crippen molar-refractivity contribution in [3.63, 3.8) is 0 Å². The molecular weight excluding hydrogens is 458 g/mol. The van der Waals surface area contributed by atoms with Crippen molar-refractivity contribution in [2.45, 2.75) is 104 Å². The third kappa shape index (κ3) is 6.50. The molecule has 0 radical (unpaired) electrons. The molecule has 2 aliphatic heterocycles. The fourth-order valence-electron chi connectivity index (χ4n) is 4.96. The van der Waals surface area contributed by atoms with E-state index in [1.54, 1.807) is 20.0 Å². The predicted octanol–water partition coefficient (Wildman–Crippen LogP) is 4.42. The Labute approximate surface area is 214 Å². The molecule has 36 heavy (non-hydrogen) atoms. The second-order valence-electron chi connectivity index (χ2n) is 11.0. The number of pyridine rings is 1. The summed E-state index contributed by atoms with van der Waals surface area (Å²) in [5.41, 5.74) is 0.741. The van der Waals surface area contributed by atoms with Crippen LogP contribution in [0.3, 0.4) is 0 Å². The van der Waals surface area contributed by atoms with E-state index in [2.05, 4.69) is 4.98 Å². The minimum Gasteiger partial charge on any atom is -0.458 e. The van der Waals surface area contributed by atoms with Gasteiger partial charge >= 0.3 is 5.97 Å². The molecule has 0 bridgehead atoms. The maximum absolute atomic E-state index is 13.4. The SMILES string of the molecule is CC[C@H]1C(=O)C(C)(C)[C@@H](O)CC(=O)O[C@H](C(C)=Cc2ccccn2)C[C@@H]2O[C@]2(C)CC/C=C(\C)[C@@H]1O. The second-order valence-corrected chi connectivity index (χ2v) is 11.0. The summed E-state index contributed by atoms with van der Waals surface area (Å²) in [5, 5.41) is 21.9. The van der Waals surface area contributed by atoms with Gasteiger partial charge in [-0.1, -0.05) is 32.9 Å². The van der Waals surface area contributed by atoms with Crippen LogP contribution < -0.4 is 0 Å². The first-order valence-corrected chi connectivity index (χ1v) is 12.9. The molecule has 0 amide bonds. The lowest BCUT2D eigenvalue weighted by Gasteiger charge is -2.34. The van der Waals surface area contributed by atoms with Crippen LogP contribution >= 0.6 is 0 Å². The number of allylic oxidation sites excluding steroid dienone is 1. The molecule has 3 rings (SSSR count). The van der Waals surface area contributed by atoms with Crippen LogP contribution in [0.1, 0.15) is 79.3 Å². The lowest BCUT2D eigenvalue weighted by Crippen LogP contribution is -2.45. The Bertz CT molecular complexity index is 1000. The van der Waals surface area contributed by atoms with Gasteiger partial charge in [0, 0.05) is 18.5 Å². The van der Waals surface area contributed by atoms with E-state index >= 15 is 0 Å². The maximum Gasteiger partial charge on any atom is 0.309 e. The van der Waals surface area contributed by atoms with Crippen molar-refractivity contribution in [3.8, 4) is 0 Å². The third-order valence-corrected chi connectivity index (χ3v) is 7.87. The predicted molar refractivity (Wildman–Crippen MR) is 138 cm³/mol. The zero-order valence-corrected chi connectivity index (χ0v) is 22.4. The summed E-state index contributed by atoms with van der Waals surface area (Å²) < 4.78 is 11.9. The Morgan fingerprint density at radius 2 is 1.94 bits per heavy atom. The van der Waals surface area contributed by atoms with E-state index in [0.717, 1.165) is 23.3 Å². The van der Waals surface area contributed by atoms with Crippen molar-refractivity contribution in [2.75, 3.05) is 0 Å². The molecule has 198 valence electrons. The van der Waals surface area contributed by atoms with Crippen molar-refractivity contribution in [1.29, 1.82) is 0 Å². The number of Topliss-reactive ketones (excluding diaryl/α,β-unsaturated/α-hetero) is 1. The first-order chi connectivity index (χ1) is 16.9. The maximum atomic E-state index is 13.4. The molecule has 2 aliphatic rings. The second kappa shape index (κ2) is 11.4. The molecular formula is C29H41NO6. The number of rotatable bonds is 3. The van der Waals surface area contributed by atoms with E-state index in [1.807, 2.05) is 58.0 Å². The van der Waals surface area contributed by atoms with Crippen LogP contribution in [-0.4, -0.2) is 57.0 Å². The van der Waals surface area contributed by atoms with Gasteiger partial charge in [-0.05, 0) is 69.4 Å². The van der Waals surface area contributed by atoms with Crippen molar-refractivity contribution < 1.29 is 29.3 Å². The third-order valence-electron chi connectivity index (χ3n) is 7.87. The van der Waals surface area contributed by atoms with Crippen LogP contribution in [0, 0.1) is 11.3 Å². The number of ketones is 1. The number of ether oxygens (including phenoxy) is 2. The molecule has 0 aliphatic carbocycles. The number of aromatic nitrogens is 1. The van der Waals surface area contributed by atoms with Crippen molar-refractivity contribution in [3.05, 3.63) is 47.3 Å². The van der Waals surface area contributed by atoms with Crippen LogP contribution in [0.25, 0.3) is 6.08 Å². The average Bonchev–Trinajstić information content (AvgIpc) is 3.47. The van der Waals surface area contributed by atoms with E-state index < -0.39 is 35.6 Å². The monoisotopic (exact) mass is 499 g/mol. The van der Waals surface area contributed by atoms with E-state index in [-0.39, 0.29) is 23.9 Å². The highest BCUT2D eigenvalue weighted by molar-refractivity contribution is 5.88. The molecule has 1 aromatic rings. The summed E-state index contributed by atoms with van der Waals surface area (Å²) in [4.78, 5) is 30.7. The highest BCUT2D eigenvalue weighted by Gasteiger charge is 2.52. The largest absolute Gasteiger partial charge is 0.458 e. The van der Waals surface area contributed by atoms with Gasteiger partial charge in [0.05, 0.1) is 41.4 Å². The molecule has 0 spiro atoms. The number of hydrogen-bond acceptors (Lipinski definition) is 7. The summed E-state index contributed by atoms with van der Waals surface area (Å²) in [7, 11) is 0. The summed E-state index contributed by atoms with van der Waals surface area (Å²) in [6, 6.07) is 5.61. The molecule has 0 aromatic carbocycles. The quantitative estimate of drug-likeness (QED) is 0.360. The highest BCUT2D eigenvalue weighted by Crippen LogP contribution is 2.44. The lowest BCUT2D eigenvalue weighted by molar-refractivity contribution is -0.154. The highest BCUT2D eigenvalue weighted by atomic mass is 16.6. The van der Waals surface area contributed by atoms with Crippen molar-refractivity contribution in [1.82, 2.24) is 4.98 Å². The fraction of sp³-hybridized carbons (Fsp3) is 0.621. The molecule has 7 nitrogen and oxygen atoms in total.